The van der Waals surface area contributed by atoms with E-state index in [0.29, 0.717) is 0 Å². The van der Waals surface area contributed by atoms with Crippen LogP contribution in [-0.4, -0.2) is 0 Å². The van der Waals surface area contributed by atoms with Crippen molar-refractivity contribution in [1.82, 2.24) is 0 Å². The van der Waals surface area contributed by atoms with E-state index in [1.807, 2.05) is 30.3 Å². The van der Waals surface area contributed by atoms with Crippen molar-refractivity contribution in [3.63, 3.8) is 0 Å². The topological polar surface area (TPSA) is 3.88 Å². The first-order valence-corrected chi connectivity index (χ1v) is 10.8. The third kappa shape index (κ3) is 4.21. The molecule has 0 saturated carbocycles. The maximum absolute atomic E-state index is 13.6. The van der Waals surface area contributed by atoms with Gasteiger partial charge in [0.2, 0.25) is 11.4 Å². The highest BCUT2D eigenvalue weighted by atomic mass is 19.1. The second-order valence-corrected chi connectivity index (χ2v) is 7.83. The first kappa shape index (κ1) is 19.9. The third-order valence-electron chi connectivity index (χ3n) is 5.67. The molecule has 0 spiro atoms. The normalized spacial score (nSPS) is 10.8. The van der Waals surface area contributed by atoms with Gasteiger partial charge in [-0.15, -0.1) is 0 Å². The Bertz CT molecular complexity index is 1250. The van der Waals surface area contributed by atoms with Crippen molar-refractivity contribution in [2.24, 2.45) is 0 Å². The summed E-state index contributed by atoms with van der Waals surface area (Å²) in [4.78, 5) is 0. The summed E-state index contributed by atoms with van der Waals surface area (Å²) < 4.78 is 16.0. The second-order valence-electron chi connectivity index (χ2n) is 7.83. The molecule has 2 heteroatoms. The van der Waals surface area contributed by atoms with Crippen LogP contribution in [0.1, 0.15) is 5.56 Å². The lowest BCUT2D eigenvalue weighted by molar-refractivity contribution is -0.666. The lowest BCUT2D eigenvalue weighted by atomic mass is 9.98. The number of pyridine rings is 1. The molecule has 154 valence electrons. The molecular weight excluding hydrogens is 393 g/mol. The molecule has 0 aliphatic carbocycles. The Kier molecular flexibility index (Phi) is 5.59. The van der Waals surface area contributed by atoms with Crippen LogP contribution in [0.25, 0.3) is 33.6 Å². The molecule has 0 atom stereocenters. The fourth-order valence-corrected chi connectivity index (χ4v) is 4.06. The molecule has 0 aliphatic rings. The maximum atomic E-state index is 13.6. The molecule has 0 aliphatic heterocycles. The number of rotatable bonds is 5. The van der Waals surface area contributed by atoms with Crippen LogP contribution in [0.3, 0.4) is 0 Å². The van der Waals surface area contributed by atoms with Crippen LogP contribution >= 0.6 is 0 Å². The van der Waals surface area contributed by atoms with Gasteiger partial charge in [-0.2, -0.15) is 4.57 Å². The van der Waals surface area contributed by atoms with Gasteiger partial charge in [-0.25, -0.2) is 4.39 Å². The van der Waals surface area contributed by atoms with E-state index in [1.165, 1.54) is 17.7 Å². The fraction of sp³-hybridized carbons (Fsp3) is 0.0333. The van der Waals surface area contributed by atoms with E-state index in [4.69, 9.17) is 0 Å². The molecule has 0 fully saturated rings. The van der Waals surface area contributed by atoms with E-state index >= 15 is 0 Å². The van der Waals surface area contributed by atoms with Gasteiger partial charge >= 0.3 is 0 Å². The SMILES string of the molecule is Fc1ccc(-c2cc(-c3ccccc3)[n+](Cc3ccccc3)c(-c3ccccc3)c2)cc1. The van der Waals surface area contributed by atoms with Crippen LogP contribution in [0.2, 0.25) is 0 Å². The quantitative estimate of drug-likeness (QED) is 0.268. The van der Waals surface area contributed by atoms with Crippen LogP contribution in [0.5, 0.6) is 0 Å². The zero-order valence-electron chi connectivity index (χ0n) is 17.7. The second kappa shape index (κ2) is 8.99. The highest BCUT2D eigenvalue weighted by Crippen LogP contribution is 2.29. The number of benzene rings is 4. The number of hydrogen-bond donors (Lipinski definition) is 0. The summed E-state index contributed by atoms with van der Waals surface area (Å²) in [5.74, 6) is -0.226. The average Bonchev–Trinajstić information content (AvgIpc) is 2.86. The van der Waals surface area contributed by atoms with Gasteiger partial charge in [0, 0.05) is 28.8 Å². The minimum Gasteiger partial charge on any atom is -0.207 e. The maximum Gasteiger partial charge on any atom is 0.213 e. The van der Waals surface area contributed by atoms with Crippen molar-refractivity contribution in [2.75, 3.05) is 0 Å². The van der Waals surface area contributed by atoms with Crippen LogP contribution in [0.4, 0.5) is 4.39 Å². The summed E-state index contributed by atoms with van der Waals surface area (Å²) in [6.07, 6.45) is 0. The minimum atomic E-state index is -0.226. The van der Waals surface area contributed by atoms with E-state index in [-0.39, 0.29) is 5.82 Å². The molecule has 1 heterocycles. The third-order valence-corrected chi connectivity index (χ3v) is 5.67. The molecule has 0 amide bonds. The monoisotopic (exact) mass is 416 g/mol. The van der Waals surface area contributed by atoms with Gasteiger partial charge in [-0.3, -0.25) is 0 Å². The molecule has 4 aromatic carbocycles. The summed E-state index contributed by atoms with van der Waals surface area (Å²) in [5.41, 5.74) is 7.82. The number of nitrogens with zero attached hydrogens (tertiary/aromatic N) is 1. The van der Waals surface area contributed by atoms with E-state index in [2.05, 4.69) is 89.5 Å². The van der Waals surface area contributed by atoms with Gasteiger partial charge in [0.05, 0.1) is 0 Å². The molecule has 0 radical (unpaired) electrons. The first-order chi connectivity index (χ1) is 15.8. The van der Waals surface area contributed by atoms with Crippen LogP contribution in [-0.2, 0) is 6.54 Å². The number of aromatic nitrogens is 1. The van der Waals surface area contributed by atoms with E-state index in [9.17, 15) is 4.39 Å². The smallest absolute Gasteiger partial charge is 0.207 e. The summed E-state index contributed by atoms with van der Waals surface area (Å²) >= 11 is 0. The van der Waals surface area contributed by atoms with Crippen molar-refractivity contribution in [2.45, 2.75) is 6.54 Å². The fourth-order valence-electron chi connectivity index (χ4n) is 4.06. The van der Waals surface area contributed by atoms with Crippen molar-refractivity contribution in [1.29, 1.82) is 0 Å². The van der Waals surface area contributed by atoms with Gasteiger partial charge in [0.15, 0.2) is 6.54 Å². The standard InChI is InChI=1S/C30H23FN/c31-28-18-16-24(17-19-28)27-20-29(25-12-6-2-7-13-25)32(22-23-10-4-1-5-11-23)30(21-27)26-14-8-3-9-15-26/h1-21H,22H2/q+1. The molecule has 0 N–H and O–H groups in total. The van der Waals surface area contributed by atoms with Crippen LogP contribution < -0.4 is 4.57 Å². The van der Waals surface area contributed by atoms with Crippen molar-refractivity contribution in [3.8, 4) is 33.6 Å². The Labute approximate surface area is 188 Å². The van der Waals surface area contributed by atoms with E-state index < -0.39 is 0 Å². The lowest BCUT2D eigenvalue weighted by Crippen LogP contribution is -2.39. The van der Waals surface area contributed by atoms with Gasteiger partial charge in [-0.05, 0) is 47.5 Å². The van der Waals surface area contributed by atoms with Crippen molar-refractivity contribution in [3.05, 3.63) is 139 Å². The van der Waals surface area contributed by atoms with E-state index in [1.54, 1.807) is 0 Å². The molecule has 5 aromatic rings. The first-order valence-electron chi connectivity index (χ1n) is 10.8. The van der Waals surface area contributed by atoms with Gasteiger partial charge in [0.25, 0.3) is 0 Å². The molecule has 1 nitrogen and oxygen atoms in total. The lowest BCUT2D eigenvalue weighted by Gasteiger charge is -2.13. The summed E-state index contributed by atoms with van der Waals surface area (Å²) in [7, 11) is 0. The van der Waals surface area contributed by atoms with E-state index in [0.717, 1.165) is 40.2 Å². The molecule has 0 saturated heterocycles. The van der Waals surface area contributed by atoms with Crippen molar-refractivity contribution >= 4 is 0 Å². The summed E-state index contributed by atoms with van der Waals surface area (Å²) in [6, 6.07) is 42.5. The molecule has 1 aromatic heterocycles. The minimum absolute atomic E-state index is 0.226. The Hall–Kier alpha value is -4.04. The predicted molar refractivity (Wildman–Crippen MR) is 128 cm³/mol. The number of hydrogen-bond acceptors (Lipinski definition) is 0. The largest absolute Gasteiger partial charge is 0.213 e. The predicted octanol–water partition coefficient (Wildman–Crippen LogP) is 7.16. The van der Waals surface area contributed by atoms with Gasteiger partial charge in [0.1, 0.15) is 5.82 Å². The Morgan fingerprint density at radius 2 is 0.938 bits per heavy atom. The molecule has 0 unspecified atom stereocenters. The van der Waals surface area contributed by atoms with Gasteiger partial charge < -0.3 is 0 Å². The molecular formula is C30H23FN+. The molecule has 32 heavy (non-hydrogen) atoms. The zero-order valence-corrected chi connectivity index (χ0v) is 17.7. The average molecular weight is 417 g/mol. The summed E-state index contributed by atoms with van der Waals surface area (Å²) in [5, 5.41) is 0. The van der Waals surface area contributed by atoms with Gasteiger partial charge in [-0.1, -0.05) is 78.9 Å². The Morgan fingerprint density at radius 3 is 1.44 bits per heavy atom. The molecule has 0 bridgehead atoms. The van der Waals surface area contributed by atoms with Crippen molar-refractivity contribution < 1.29 is 8.96 Å². The highest BCUT2D eigenvalue weighted by Gasteiger charge is 2.23. The summed E-state index contributed by atoms with van der Waals surface area (Å²) in [6.45, 7) is 0.749. The molecule has 5 rings (SSSR count). The highest BCUT2D eigenvalue weighted by molar-refractivity contribution is 5.73. The Balaban J connectivity index is 1.78. The van der Waals surface area contributed by atoms with Crippen LogP contribution in [0.15, 0.2) is 127 Å². The number of halogens is 1. The van der Waals surface area contributed by atoms with Crippen LogP contribution in [0, 0.1) is 5.82 Å². The zero-order chi connectivity index (χ0) is 21.8. The Morgan fingerprint density at radius 1 is 0.469 bits per heavy atom.